The van der Waals surface area contributed by atoms with Crippen LogP contribution in [0.4, 0.5) is 11.8 Å². The molecule has 2 amide bonds. The average molecular weight is 513 g/mol. The Bertz CT molecular complexity index is 875. The lowest BCUT2D eigenvalue weighted by Gasteiger charge is -2.28. The molecule has 1 saturated heterocycles. The van der Waals surface area contributed by atoms with Gasteiger partial charge in [-0.25, -0.2) is 0 Å². The summed E-state index contributed by atoms with van der Waals surface area (Å²) in [4.78, 5) is 27.4. The highest BCUT2D eigenvalue weighted by atomic mass is 16.2. The summed E-state index contributed by atoms with van der Waals surface area (Å²) in [6.07, 6.45) is 12.4. The molecule has 0 unspecified atom stereocenters. The minimum Gasteiger partial charge on any atom is -0.361 e. The van der Waals surface area contributed by atoms with Crippen molar-refractivity contribution in [3.63, 3.8) is 0 Å². The number of benzene rings is 1. The number of amides is 2. The minimum absolute atomic E-state index is 0.312. The van der Waals surface area contributed by atoms with E-state index in [0.717, 1.165) is 56.8 Å². The molecule has 8 heteroatoms. The minimum atomic E-state index is 0.312. The molecule has 0 spiro atoms. The fourth-order valence-electron chi connectivity index (χ4n) is 3.06. The Morgan fingerprint density at radius 1 is 1.05 bits per heavy atom. The average Bonchev–Trinajstić information content (AvgIpc) is 3.34. The first-order valence-electron chi connectivity index (χ1n) is 13.0. The standard InChI is InChI=1S/C16H23N5.C7H14.C4H8.C2H3NO2/c1-19(2)15-13-21(12-14-6-4-3-5-7-14)16(18-15)20-10-8-17-9-11-20;1-4-5-6-7(2)3;1-3-4-2;4-1-3-2-5/h3-7,13,17H,8-12H2,1-2H3;5-7H,4H2,1-3H3;3-4H,1-2H3;1-2H,(H,3,4,5)/b;6-5-;4-3-;. The van der Waals surface area contributed by atoms with Gasteiger partial charge in [0.05, 0.1) is 12.7 Å². The van der Waals surface area contributed by atoms with Crippen molar-refractivity contribution in [3.8, 4) is 0 Å². The van der Waals surface area contributed by atoms with Crippen LogP contribution in [0.25, 0.3) is 0 Å². The molecule has 206 valence electrons. The van der Waals surface area contributed by atoms with E-state index in [1.54, 1.807) is 5.32 Å². The van der Waals surface area contributed by atoms with Crippen molar-refractivity contribution in [1.29, 1.82) is 0 Å². The molecule has 0 saturated carbocycles. The maximum Gasteiger partial charge on any atom is 0.213 e. The van der Waals surface area contributed by atoms with Crippen molar-refractivity contribution in [1.82, 2.24) is 20.2 Å². The van der Waals surface area contributed by atoms with Gasteiger partial charge < -0.3 is 25.0 Å². The second-order valence-corrected chi connectivity index (χ2v) is 8.79. The normalized spacial score (nSPS) is 12.6. The predicted octanol–water partition coefficient (Wildman–Crippen LogP) is 4.49. The quantitative estimate of drug-likeness (QED) is 0.401. The Labute approximate surface area is 224 Å². The van der Waals surface area contributed by atoms with Gasteiger partial charge in [-0.1, -0.05) is 75.4 Å². The SMILES string of the molecule is C/C=C\C.CC/C=C\C(C)C.CN(C)c1cn(Cc2ccccc2)c(N2CCNCC2)n1.O=CNC=O. The summed E-state index contributed by atoms with van der Waals surface area (Å²) in [6, 6.07) is 10.6. The molecule has 0 radical (unpaired) electrons. The van der Waals surface area contributed by atoms with E-state index in [0.29, 0.717) is 12.8 Å². The van der Waals surface area contributed by atoms with E-state index in [9.17, 15) is 0 Å². The monoisotopic (exact) mass is 512 g/mol. The molecule has 2 heterocycles. The van der Waals surface area contributed by atoms with Crippen LogP contribution in [0.15, 0.2) is 60.8 Å². The molecule has 0 bridgehead atoms. The van der Waals surface area contributed by atoms with Gasteiger partial charge in [-0.05, 0) is 31.7 Å². The van der Waals surface area contributed by atoms with Gasteiger partial charge in [0.2, 0.25) is 18.8 Å². The Hall–Kier alpha value is -3.39. The van der Waals surface area contributed by atoms with Gasteiger partial charge in [-0.3, -0.25) is 9.59 Å². The predicted molar refractivity (Wildman–Crippen MR) is 157 cm³/mol. The number of anilines is 2. The van der Waals surface area contributed by atoms with Crippen LogP contribution in [0.5, 0.6) is 0 Å². The van der Waals surface area contributed by atoms with E-state index in [2.05, 4.69) is 89.1 Å². The highest BCUT2D eigenvalue weighted by molar-refractivity contribution is 5.67. The maximum atomic E-state index is 9.06. The molecule has 0 aliphatic carbocycles. The lowest BCUT2D eigenvalue weighted by molar-refractivity contribution is -0.117. The Morgan fingerprint density at radius 2 is 1.65 bits per heavy atom. The smallest absolute Gasteiger partial charge is 0.213 e. The molecule has 37 heavy (non-hydrogen) atoms. The molecule has 1 aromatic heterocycles. The second-order valence-electron chi connectivity index (χ2n) is 8.79. The van der Waals surface area contributed by atoms with Crippen LogP contribution in [0.1, 0.15) is 46.6 Å². The third kappa shape index (κ3) is 16.1. The molecule has 1 fully saturated rings. The van der Waals surface area contributed by atoms with E-state index in [4.69, 9.17) is 14.6 Å². The summed E-state index contributed by atoms with van der Waals surface area (Å²) in [5.41, 5.74) is 1.30. The van der Waals surface area contributed by atoms with Crippen molar-refractivity contribution in [2.45, 2.75) is 47.6 Å². The largest absolute Gasteiger partial charge is 0.361 e. The molecule has 0 atom stereocenters. The summed E-state index contributed by atoms with van der Waals surface area (Å²) in [5.74, 6) is 2.81. The zero-order valence-corrected chi connectivity index (χ0v) is 23.9. The van der Waals surface area contributed by atoms with Gasteiger partial charge in [-0.2, -0.15) is 4.98 Å². The third-order valence-electron chi connectivity index (χ3n) is 5.02. The molecule has 1 aliphatic rings. The van der Waals surface area contributed by atoms with Crippen molar-refractivity contribution in [2.75, 3.05) is 50.1 Å². The van der Waals surface area contributed by atoms with Crippen LogP contribution in [0, 0.1) is 5.92 Å². The van der Waals surface area contributed by atoms with Gasteiger partial charge in [0, 0.05) is 40.3 Å². The molecular formula is C29H48N6O2. The number of nitrogens with one attached hydrogen (secondary N) is 2. The lowest BCUT2D eigenvalue weighted by Crippen LogP contribution is -2.44. The van der Waals surface area contributed by atoms with Crippen molar-refractivity contribution >= 4 is 24.6 Å². The zero-order valence-electron chi connectivity index (χ0n) is 23.9. The number of imide groups is 1. The number of carbonyl (C=O) groups excluding carboxylic acids is 2. The Balaban J connectivity index is 0.000000667. The third-order valence-corrected chi connectivity index (χ3v) is 5.02. The van der Waals surface area contributed by atoms with Crippen molar-refractivity contribution in [3.05, 3.63) is 66.4 Å². The number of hydrogen-bond donors (Lipinski definition) is 2. The molecule has 2 N–H and O–H groups in total. The van der Waals surface area contributed by atoms with Gasteiger partial charge in [0.1, 0.15) is 5.82 Å². The second kappa shape index (κ2) is 21.9. The van der Waals surface area contributed by atoms with Gasteiger partial charge in [0.25, 0.3) is 0 Å². The van der Waals surface area contributed by atoms with Gasteiger partial charge >= 0.3 is 0 Å². The number of piperazine rings is 1. The van der Waals surface area contributed by atoms with Gasteiger partial charge in [-0.15, -0.1) is 0 Å². The molecule has 1 aliphatic heterocycles. The maximum absolute atomic E-state index is 9.06. The number of allylic oxidation sites excluding steroid dienone is 4. The molecule has 1 aromatic carbocycles. The van der Waals surface area contributed by atoms with Gasteiger partial charge in [0.15, 0.2) is 0 Å². The van der Waals surface area contributed by atoms with Crippen LogP contribution in [0.3, 0.4) is 0 Å². The summed E-state index contributed by atoms with van der Waals surface area (Å²) in [5, 5.41) is 5.14. The summed E-state index contributed by atoms with van der Waals surface area (Å²) in [7, 11) is 4.08. The first-order valence-corrected chi connectivity index (χ1v) is 13.0. The number of carbonyl (C=O) groups is 2. The van der Waals surface area contributed by atoms with E-state index in [1.165, 1.54) is 5.56 Å². The fraction of sp³-hybridized carbons (Fsp3) is 0.483. The molecule has 8 nitrogen and oxygen atoms in total. The fourth-order valence-corrected chi connectivity index (χ4v) is 3.06. The highest BCUT2D eigenvalue weighted by Gasteiger charge is 2.18. The summed E-state index contributed by atoms with van der Waals surface area (Å²) in [6.45, 7) is 15.5. The van der Waals surface area contributed by atoms with Crippen LogP contribution >= 0.6 is 0 Å². The molecule has 2 aromatic rings. The topological polar surface area (TPSA) is 82.5 Å². The van der Waals surface area contributed by atoms with Crippen LogP contribution in [0.2, 0.25) is 0 Å². The van der Waals surface area contributed by atoms with Crippen molar-refractivity contribution in [2.24, 2.45) is 5.92 Å². The number of imidazole rings is 1. The van der Waals surface area contributed by atoms with Crippen molar-refractivity contribution < 1.29 is 9.59 Å². The lowest BCUT2D eigenvalue weighted by atomic mass is 10.2. The summed E-state index contributed by atoms with van der Waals surface area (Å²) < 4.78 is 2.26. The molecule has 3 rings (SSSR count). The Kier molecular flexibility index (Phi) is 19.9. The highest BCUT2D eigenvalue weighted by Crippen LogP contribution is 2.21. The van der Waals surface area contributed by atoms with E-state index in [1.807, 2.05) is 40.1 Å². The number of nitrogens with zero attached hydrogens (tertiary/aromatic N) is 4. The van der Waals surface area contributed by atoms with E-state index in [-0.39, 0.29) is 0 Å². The van der Waals surface area contributed by atoms with Crippen LogP contribution in [-0.4, -0.2) is 62.6 Å². The number of hydrogen-bond acceptors (Lipinski definition) is 6. The number of aromatic nitrogens is 2. The first kappa shape index (κ1) is 33.6. The molecular weight excluding hydrogens is 464 g/mol. The summed E-state index contributed by atoms with van der Waals surface area (Å²) >= 11 is 0. The van der Waals surface area contributed by atoms with E-state index >= 15 is 0 Å². The van der Waals surface area contributed by atoms with Crippen LogP contribution in [-0.2, 0) is 16.1 Å². The number of rotatable bonds is 8. The zero-order chi connectivity index (χ0) is 27.9. The first-order chi connectivity index (χ1) is 17.8. The van der Waals surface area contributed by atoms with Crippen LogP contribution < -0.4 is 20.4 Å². The van der Waals surface area contributed by atoms with E-state index < -0.39 is 0 Å². The Morgan fingerprint density at radius 3 is 2.05 bits per heavy atom.